The van der Waals surface area contributed by atoms with Gasteiger partial charge in [-0.2, -0.15) is 27.8 Å². The summed E-state index contributed by atoms with van der Waals surface area (Å²) in [7, 11) is 0. The molecule has 0 saturated heterocycles. The molecular weight excluding hydrogens is 456 g/mol. The van der Waals surface area contributed by atoms with Gasteiger partial charge < -0.3 is 5.32 Å². The van der Waals surface area contributed by atoms with E-state index < -0.39 is 58.6 Å². The number of hydrogen-bond acceptors (Lipinski definition) is 5. The maximum atomic E-state index is 14.1. The van der Waals surface area contributed by atoms with Gasteiger partial charge in [-0.05, 0) is 13.0 Å². The lowest BCUT2D eigenvalue weighted by molar-refractivity contribution is -0.181. The molecule has 15 heteroatoms. The standard InChI is InChI=1S/C16H10ClF6N7O/c1-15(16(21,22)23)5-29(14(31)26-6-2-7(12(19)20)27-25-3-6)8-4-24-13-9(18)11(17)28-30(13)10(8)15/h2-4,12H,5H2,1H3,(H,26,27,31)/t15-/m1/s1. The Morgan fingerprint density at radius 3 is 2.68 bits per heavy atom. The van der Waals surface area contributed by atoms with Crippen LogP contribution in [0.3, 0.4) is 0 Å². The van der Waals surface area contributed by atoms with E-state index in [1.54, 1.807) is 0 Å². The monoisotopic (exact) mass is 465 g/mol. The first kappa shape index (κ1) is 21.1. The van der Waals surface area contributed by atoms with Crippen molar-refractivity contribution in [3.8, 4) is 0 Å². The first-order valence-electron chi connectivity index (χ1n) is 8.43. The van der Waals surface area contributed by atoms with Gasteiger partial charge in [0, 0.05) is 6.54 Å². The number of carbonyl (C=O) groups is 1. The van der Waals surface area contributed by atoms with Crippen molar-refractivity contribution in [1.29, 1.82) is 0 Å². The molecule has 1 N–H and O–H groups in total. The van der Waals surface area contributed by atoms with Crippen molar-refractivity contribution in [2.45, 2.75) is 24.9 Å². The second-order valence-electron chi connectivity index (χ2n) is 6.85. The van der Waals surface area contributed by atoms with Crippen LogP contribution < -0.4 is 10.2 Å². The summed E-state index contributed by atoms with van der Waals surface area (Å²) in [6, 6.07) is -0.248. The summed E-state index contributed by atoms with van der Waals surface area (Å²) in [5.74, 6) is -1.11. The van der Waals surface area contributed by atoms with Crippen LogP contribution >= 0.6 is 11.6 Å². The van der Waals surface area contributed by atoms with Crippen LogP contribution in [0.15, 0.2) is 18.5 Å². The van der Waals surface area contributed by atoms with Crippen molar-refractivity contribution < 1.29 is 31.1 Å². The first-order valence-corrected chi connectivity index (χ1v) is 8.81. The molecule has 4 rings (SSSR count). The molecule has 0 aromatic carbocycles. The number of aromatic nitrogens is 5. The summed E-state index contributed by atoms with van der Waals surface area (Å²) in [4.78, 5) is 17.2. The minimum absolute atomic E-state index is 0.209. The number of nitrogens with one attached hydrogen (secondary N) is 1. The van der Waals surface area contributed by atoms with E-state index in [0.29, 0.717) is 9.42 Å². The van der Waals surface area contributed by atoms with E-state index in [1.807, 2.05) is 0 Å². The van der Waals surface area contributed by atoms with E-state index in [-0.39, 0.29) is 11.4 Å². The highest BCUT2D eigenvalue weighted by Crippen LogP contribution is 2.50. The number of alkyl halides is 5. The molecule has 164 valence electrons. The molecule has 1 aliphatic heterocycles. The number of rotatable bonds is 2. The Labute approximate surface area is 173 Å². The summed E-state index contributed by atoms with van der Waals surface area (Å²) < 4.78 is 82.3. The minimum atomic E-state index is -4.87. The van der Waals surface area contributed by atoms with Crippen LogP contribution in [0.25, 0.3) is 5.65 Å². The molecule has 1 atom stereocenters. The quantitative estimate of drug-likeness (QED) is 0.575. The molecule has 0 radical (unpaired) electrons. The highest BCUT2D eigenvalue weighted by atomic mass is 35.5. The van der Waals surface area contributed by atoms with Gasteiger partial charge in [-0.1, -0.05) is 11.6 Å². The molecule has 3 aromatic heterocycles. The Balaban J connectivity index is 1.80. The van der Waals surface area contributed by atoms with Crippen molar-refractivity contribution in [2.24, 2.45) is 0 Å². The van der Waals surface area contributed by atoms with Crippen molar-refractivity contribution in [1.82, 2.24) is 24.8 Å². The van der Waals surface area contributed by atoms with E-state index in [2.05, 4.69) is 25.6 Å². The maximum Gasteiger partial charge on any atom is 0.401 e. The van der Waals surface area contributed by atoms with Gasteiger partial charge in [0.15, 0.2) is 10.8 Å². The van der Waals surface area contributed by atoms with Crippen LogP contribution in [0.1, 0.15) is 24.7 Å². The fourth-order valence-corrected chi connectivity index (χ4v) is 3.43. The van der Waals surface area contributed by atoms with Gasteiger partial charge in [0.2, 0.25) is 5.82 Å². The summed E-state index contributed by atoms with van der Waals surface area (Å²) in [6.45, 7) is -0.0906. The van der Waals surface area contributed by atoms with Crippen LogP contribution in [0.4, 0.5) is 42.5 Å². The Kier molecular flexibility index (Phi) is 4.72. The van der Waals surface area contributed by atoms with Crippen molar-refractivity contribution >= 4 is 34.7 Å². The van der Waals surface area contributed by atoms with Gasteiger partial charge in [-0.15, -0.1) is 5.10 Å². The number of fused-ring (bicyclic) bond motifs is 3. The van der Waals surface area contributed by atoms with Crippen molar-refractivity contribution in [3.05, 3.63) is 40.8 Å². The molecule has 4 heterocycles. The summed E-state index contributed by atoms with van der Waals surface area (Å²) in [6.07, 6.45) is -6.01. The van der Waals surface area contributed by atoms with Crippen molar-refractivity contribution in [2.75, 3.05) is 16.8 Å². The van der Waals surface area contributed by atoms with E-state index >= 15 is 0 Å². The van der Waals surface area contributed by atoms with Gasteiger partial charge in [-0.3, -0.25) is 4.90 Å². The second-order valence-corrected chi connectivity index (χ2v) is 7.21. The van der Waals surface area contributed by atoms with E-state index in [0.717, 1.165) is 25.4 Å². The average Bonchev–Trinajstić information content (AvgIpc) is 3.17. The van der Waals surface area contributed by atoms with E-state index in [4.69, 9.17) is 11.6 Å². The Morgan fingerprint density at radius 1 is 1.32 bits per heavy atom. The van der Waals surface area contributed by atoms with Crippen LogP contribution in [0.2, 0.25) is 5.15 Å². The Hall–Kier alpha value is -3.16. The highest BCUT2D eigenvalue weighted by molar-refractivity contribution is 6.29. The van der Waals surface area contributed by atoms with Gasteiger partial charge >= 0.3 is 12.2 Å². The molecule has 1 aliphatic rings. The van der Waals surface area contributed by atoms with Crippen LogP contribution in [-0.4, -0.2) is 43.5 Å². The van der Waals surface area contributed by atoms with Gasteiger partial charge in [0.1, 0.15) is 11.1 Å². The van der Waals surface area contributed by atoms with Crippen molar-refractivity contribution in [3.63, 3.8) is 0 Å². The predicted octanol–water partition coefficient (Wildman–Crippen LogP) is 4.12. The number of urea groups is 1. The lowest BCUT2D eigenvalue weighted by Gasteiger charge is -2.28. The number of anilines is 2. The molecule has 0 fully saturated rings. The van der Waals surface area contributed by atoms with Gasteiger partial charge in [-0.25, -0.2) is 23.1 Å². The largest absolute Gasteiger partial charge is 0.401 e. The first-order chi connectivity index (χ1) is 14.4. The summed E-state index contributed by atoms with van der Waals surface area (Å²) in [5.41, 5.74) is -4.99. The maximum absolute atomic E-state index is 14.1. The zero-order valence-corrected chi connectivity index (χ0v) is 16.0. The minimum Gasteiger partial charge on any atom is -0.306 e. The fraction of sp³-hybridized carbons (Fsp3) is 0.312. The predicted molar refractivity (Wildman–Crippen MR) is 94.7 cm³/mol. The zero-order chi connectivity index (χ0) is 22.7. The molecule has 0 spiro atoms. The number of amides is 2. The summed E-state index contributed by atoms with van der Waals surface area (Å²) >= 11 is 5.61. The Bertz CT molecular complexity index is 1200. The molecular formula is C16H10ClF6N7O. The molecule has 2 amide bonds. The zero-order valence-electron chi connectivity index (χ0n) is 15.3. The molecule has 0 unspecified atom stereocenters. The fourth-order valence-electron chi connectivity index (χ4n) is 3.27. The smallest absolute Gasteiger partial charge is 0.306 e. The SMILES string of the molecule is C[C@@]1(C(F)(F)F)CN(C(=O)Nc2cnnc(C(F)F)c2)c2cnc3c(F)c(Cl)nn3c21. The second kappa shape index (κ2) is 6.93. The number of hydrogen-bond donors (Lipinski definition) is 1. The molecule has 31 heavy (non-hydrogen) atoms. The van der Waals surface area contributed by atoms with Gasteiger partial charge in [0.05, 0.1) is 29.5 Å². The lowest BCUT2D eigenvalue weighted by atomic mass is 9.87. The third kappa shape index (κ3) is 3.21. The molecule has 0 bridgehead atoms. The van der Waals surface area contributed by atoms with Crippen LogP contribution in [-0.2, 0) is 5.41 Å². The van der Waals surface area contributed by atoms with Gasteiger partial charge in [0.25, 0.3) is 6.43 Å². The third-order valence-corrected chi connectivity index (χ3v) is 5.08. The molecule has 3 aromatic rings. The Morgan fingerprint density at radius 2 is 2.03 bits per heavy atom. The number of carbonyl (C=O) groups excluding carboxylic acids is 1. The van der Waals surface area contributed by atoms with E-state index in [9.17, 15) is 31.1 Å². The topological polar surface area (TPSA) is 88.3 Å². The highest BCUT2D eigenvalue weighted by Gasteiger charge is 2.60. The lowest BCUT2D eigenvalue weighted by Crippen LogP contribution is -2.46. The van der Waals surface area contributed by atoms with Crippen LogP contribution in [0.5, 0.6) is 0 Å². The molecule has 0 aliphatic carbocycles. The normalized spacial score (nSPS) is 18.7. The average molecular weight is 466 g/mol. The molecule has 8 nitrogen and oxygen atoms in total. The summed E-state index contributed by atoms with van der Waals surface area (Å²) in [5, 5.41) is 11.6. The molecule has 0 saturated carbocycles. The number of halogens is 7. The third-order valence-electron chi connectivity index (χ3n) is 4.84. The van der Waals surface area contributed by atoms with E-state index in [1.165, 1.54) is 0 Å². The number of nitrogens with zero attached hydrogens (tertiary/aromatic N) is 6. The van der Waals surface area contributed by atoms with Crippen LogP contribution in [0, 0.1) is 5.82 Å².